The number of aromatic hydroxyl groups is 1. The number of anilines is 1. The molecule has 0 bridgehead atoms. The topological polar surface area (TPSA) is 85.8 Å². The fraction of sp³-hybridized carbons (Fsp3) is 0.294. The van der Waals surface area contributed by atoms with Crippen LogP contribution in [-0.2, 0) is 4.79 Å². The second-order valence-corrected chi connectivity index (χ2v) is 6.15. The Balaban J connectivity index is 0.00000312. The lowest BCUT2D eigenvalue weighted by Crippen LogP contribution is -2.39. The highest BCUT2D eigenvalue weighted by Crippen LogP contribution is 2.17. The minimum Gasteiger partial charge on any atom is -0.508 e. The summed E-state index contributed by atoms with van der Waals surface area (Å²) in [5.74, 6) is 0.535. The first-order chi connectivity index (χ1) is 11.6. The number of phenolic OH excluding ortho intramolecular Hbond substituents is 1. The molecule has 0 fully saturated rings. The fourth-order valence-electron chi connectivity index (χ4n) is 2.03. The molecule has 1 aromatic heterocycles. The van der Waals surface area contributed by atoms with E-state index in [4.69, 9.17) is 0 Å². The molecule has 0 saturated heterocycles. The fourth-order valence-corrected chi connectivity index (χ4v) is 2.76. The Morgan fingerprint density at radius 2 is 2.00 bits per heavy atom. The van der Waals surface area contributed by atoms with Gasteiger partial charge in [0.25, 0.3) is 0 Å². The number of thiophene rings is 1. The summed E-state index contributed by atoms with van der Waals surface area (Å²) >= 11 is 1.67. The molecule has 1 amide bonds. The predicted molar refractivity (Wildman–Crippen MR) is 114 cm³/mol. The number of benzene rings is 1. The number of halogens is 1. The Morgan fingerprint density at radius 1 is 1.28 bits per heavy atom. The molecule has 8 heteroatoms. The minimum atomic E-state index is -0.221. The maximum Gasteiger partial charge on any atom is 0.246 e. The first-order valence-electron chi connectivity index (χ1n) is 7.75. The summed E-state index contributed by atoms with van der Waals surface area (Å²) in [4.78, 5) is 17.5. The van der Waals surface area contributed by atoms with Crippen molar-refractivity contribution in [2.24, 2.45) is 4.99 Å². The Labute approximate surface area is 168 Å². The molecule has 0 aliphatic rings. The largest absolute Gasteiger partial charge is 0.508 e. The number of guanidine groups is 1. The first-order valence-corrected chi connectivity index (χ1v) is 8.63. The smallest absolute Gasteiger partial charge is 0.246 e. The van der Waals surface area contributed by atoms with Crippen molar-refractivity contribution in [2.75, 3.05) is 18.4 Å². The normalized spacial score (nSPS) is 12.0. The average Bonchev–Trinajstić information content (AvgIpc) is 3.09. The number of amides is 1. The molecule has 0 spiro atoms. The molecule has 1 unspecified atom stereocenters. The first kappa shape index (κ1) is 21.2. The Morgan fingerprint density at radius 3 is 2.60 bits per heavy atom. The van der Waals surface area contributed by atoms with Crippen LogP contribution in [0.1, 0.15) is 24.8 Å². The van der Waals surface area contributed by atoms with Crippen molar-refractivity contribution in [1.82, 2.24) is 10.6 Å². The summed E-state index contributed by atoms with van der Waals surface area (Å²) in [5.41, 5.74) is 0.623. The molecule has 1 aromatic carbocycles. The van der Waals surface area contributed by atoms with Gasteiger partial charge in [-0.1, -0.05) is 6.07 Å². The summed E-state index contributed by atoms with van der Waals surface area (Å²) in [5, 5.41) is 20.4. The van der Waals surface area contributed by atoms with E-state index in [1.807, 2.05) is 18.4 Å². The maximum atomic E-state index is 12.0. The number of phenols is 1. The lowest BCUT2D eigenvalue weighted by molar-refractivity contribution is -0.114. The van der Waals surface area contributed by atoms with Crippen molar-refractivity contribution in [3.05, 3.63) is 46.7 Å². The van der Waals surface area contributed by atoms with Crippen LogP contribution in [0, 0.1) is 0 Å². The zero-order valence-electron chi connectivity index (χ0n) is 14.2. The number of aliphatic imine (C=N–C) groups is 1. The van der Waals surface area contributed by atoms with Gasteiger partial charge in [0.1, 0.15) is 12.3 Å². The van der Waals surface area contributed by atoms with Crippen molar-refractivity contribution in [3.63, 3.8) is 0 Å². The molecule has 1 atom stereocenters. The third-order valence-corrected chi connectivity index (χ3v) is 4.25. The van der Waals surface area contributed by atoms with Crippen LogP contribution in [0.2, 0.25) is 0 Å². The molecule has 4 N–H and O–H groups in total. The van der Waals surface area contributed by atoms with Gasteiger partial charge in [0, 0.05) is 17.1 Å². The Kier molecular flexibility index (Phi) is 9.28. The van der Waals surface area contributed by atoms with Gasteiger partial charge >= 0.3 is 0 Å². The highest BCUT2D eigenvalue weighted by atomic mass is 127. The van der Waals surface area contributed by atoms with Crippen molar-refractivity contribution < 1.29 is 9.90 Å². The quantitative estimate of drug-likeness (QED) is 0.224. The SMILES string of the molecule is CCNC(=NCC(=O)Nc1ccc(O)cc1)NC(C)c1cccs1.I. The van der Waals surface area contributed by atoms with Crippen LogP contribution >= 0.6 is 35.3 Å². The molecule has 6 nitrogen and oxygen atoms in total. The van der Waals surface area contributed by atoms with Gasteiger partial charge in [-0.2, -0.15) is 0 Å². The number of nitrogens with one attached hydrogen (secondary N) is 3. The minimum absolute atomic E-state index is 0. The summed E-state index contributed by atoms with van der Waals surface area (Å²) < 4.78 is 0. The average molecular weight is 474 g/mol. The third kappa shape index (κ3) is 7.30. The second kappa shape index (κ2) is 10.9. The van der Waals surface area contributed by atoms with Gasteiger partial charge in [0.05, 0.1) is 6.04 Å². The van der Waals surface area contributed by atoms with E-state index in [1.165, 1.54) is 17.0 Å². The van der Waals surface area contributed by atoms with Crippen molar-refractivity contribution in [2.45, 2.75) is 19.9 Å². The molecule has 2 rings (SSSR count). The van der Waals surface area contributed by atoms with Crippen LogP contribution in [-0.4, -0.2) is 30.1 Å². The van der Waals surface area contributed by atoms with Crippen LogP contribution in [0.3, 0.4) is 0 Å². The van der Waals surface area contributed by atoms with E-state index in [-0.39, 0.29) is 48.2 Å². The second-order valence-electron chi connectivity index (χ2n) is 5.17. The number of nitrogens with zero attached hydrogens (tertiary/aromatic N) is 1. The van der Waals surface area contributed by atoms with Crippen LogP contribution in [0.5, 0.6) is 5.75 Å². The highest BCUT2D eigenvalue weighted by Gasteiger charge is 2.09. The Bertz CT molecular complexity index is 674. The zero-order chi connectivity index (χ0) is 17.4. The summed E-state index contributed by atoms with van der Waals surface area (Å²) in [6.07, 6.45) is 0. The standard InChI is InChI=1S/C17H22N4O2S.HI/c1-3-18-17(20-12(2)15-5-4-10-24-15)19-11-16(23)21-13-6-8-14(22)9-7-13;/h4-10,12,22H,3,11H2,1-2H3,(H,21,23)(H2,18,19,20);1H. The molecule has 1 heterocycles. The summed E-state index contributed by atoms with van der Waals surface area (Å²) in [6.45, 7) is 4.74. The van der Waals surface area contributed by atoms with Gasteiger partial charge in [-0.3, -0.25) is 4.79 Å². The number of hydrogen-bond donors (Lipinski definition) is 4. The van der Waals surface area contributed by atoms with Gasteiger partial charge in [-0.05, 0) is 49.6 Å². The number of carbonyl (C=O) groups excluding carboxylic acids is 1. The van der Waals surface area contributed by atoms with Crippen LogP contribution in [0.15, 0.2) is 46.8 Å². The van der Waals surface area contributed by atoms with Crippen molar-refractivity contribution in [1.29, 1.82) is 0 Å². The lowest BCUT2D eigenvalue weighted by atomic mass is 10.3. The van der Waals surface area contributed by atoms with Crippen molar-refractivity contribution >= 4 is 52.9 Å². The molecule has 0 aliphatic heterocycles. The van der Waals surface area contributed by atoms with Crippen LogP contribution in [0.4, 0.5) is 5.69 Å². The molecular weight excluding hydrogens is 451 g/mol. The summed E-state index contributed by atoms with van der Waals surface area (Å²) in [7, 11) is 0. The number of rotatable bonds is 6. The van der Waals surface area contributed by atoms with Gasteiger partial charge in [0.2, 0.25) is 5.91 Å². The monoisotopic (exact) mass is 474 g/mol. The van der Waals surface area contributed by atoms with E-state index in [1.54, 1.807) is 23.5 Å². The molecule has 136 valence electrons. The van der Waals surface area contributed by atoms with Crippen LogP contribution < -0.4 is 16.0 Å². The molecule has 25 heavy (non-hydrogen) atoms. The molecular formula is C17H23IN4O2S. The lowest BCUT2D eigenvalue weighted by Gasteiger charge is -2.16. The third-order valence-electron chi connectivity index (χ3n) is 3.20. The van der Waals surface area contributed by atoms with Gasteiger partial charge in [-0.25, -0.2) is 4.99 Å². The molecule has 0 aliphatic carbocycles. The molecule has 2 aromatic rings. The van der Waals surface area contributed by atoms with Gasteiger partial charge in [0.15, 0.2) is 5.96 Å². The van der Waals surface area contributed by atoms with E-state index < -0.39 is 0 Å². The van der Waals surface area contributed by atoms with E-state index in [0.29, 0.717) is 18.2 Å². The number of hydrogen-bond acceptors (Lipinski definition) is 4. The zero-order valence-corrected chi connectivity index (χ0v) is 17.3. The van der Waals surface area contributed by atoms with Crippen molar-refractivity contribution in [3.8, 4) is 5.75 Å². The van der Waals surface area contributed by atoms with Crippen LogP contribution in [0.25, 0.3) is 0 Å². The Hall–Kier alpha value is -1.81. The molecule has 0 radical (unpaired) electrons. The van der Waals surface area contributed by atoms with E-state index in [0.717, 1.165) is 0 Å². The predicted octanol–water partition coefficient (Wildman–Crippen LogP) is 3.33. The van der Waals surface area contributed by atoms with Gasteiger partial charge in [-0.15, -0.1) is 35.3 Å². The number of carbonyl (C=O) groups is 1. The van der Waals surface area contributed by atoms with E-state index in [2.05, 4.69) is 33.9 Å². The maximum absolute atomic E-state index is 12.0. The summed E-state index contributed by atoms with van der Waals surface area (Å²) in [6, 6.07) is 10.5. The van der Waals surface area contributed by atoms with E-state index in [9.17, 15) is 9.90 Å². The van der Waals surface area contributed by atoms with E-state index >= 15 is 0 Å². The highest BCUT2D eigenvalue weighted by molar-refractivity contribution is 14.0. The van der Waals surface area contributed by atoms with Gasteiger partial charge < -0.3 is 21.1 Å². The molecule has 0 saturated carbocycles.